The van der Waals surface area contributed by atoms with Gasteiger partial charge in [-0.3, -0.25) is 4.79 Å². The van der Waals surface area contributed by atoms with Gasteiger partial charge in [-0.15, -0.1) is 0 Å². The Labute approximate surface area is 116 Å². The van der Waals surface area contributed by atoms with Crippen molar-refractivity contribution in [1.29, 1.82) is 0 Å². The van der Waals surface area contributed by atoms with Gasteiger partial charge in [0.1, 0.15) is 11.5 Å². The van der Waals surface area contributed by atoms with Gasteiger partial charge in [0.15, 0.2) is 6.61 Å². The van der Waals surface area contributed by atoms with E-state index in [1.165, 1.54) is 0 Å². The number of fused-ring (bicyclic) bond motifs is 1. The van der Waals surface area contributed by atoms with Crippen LogP contribution < -0.4 is 4.74 Å². The van der Waals surface area contributed by atoms with Crippen LogP contribution in [0, 0.1) is 3.57 Å². The van der Waals surface area contributed by atoms with Crippen LogP contribution in [-0.4, -0.2) is 17.0 Å². The summed E-state index contributed by atoms with van der Waals surface area (Å²) >= 11 is 7.24. The Morgan fingerprint density at radius 3 is 2.76 bits per heavy atom. The number of hydrogen-bond acceptors (Lipinski definition) is 3. The lowest BCUT2D eigenvalue weighted by Gasteiger charge is -2.06. The summed E-state index contributed by atoms with van der Waals surface area (Å²) < 4.78 is 5.96. The van der Waals surface area contributed by atoms with E-state index < -0.39 is 5.24 Å². The van der Waals surface area contributed by atoms with Gasteiger partial charge in [0.25, 0.3) is 5.24 Å². The van der Waals surface area contributed by atoms with Crippen molar-refractivity contribution in [2.75, 3.05) is 6.61 Å². The molecule has 0 saturated heterocycles. The maximum absolute atomic E-state index is 10.6. The average Bonchev–Trinajstić information content (AvgIpc) is 2.28. The third-order valence-electron chi connectivity index (χ3n) is 2.23. The van der Waals surface area contributed by atoms with Crippen LogP contribution in [0.4, 0.5) is 0 Å². The lowest BCUT2D eigenvalue weighted by molar-refractivity contribution is -0.113. The van der Waals surface area contributed by atoms with Crippen LogP contribution in [0.25, 0.3) is 10.8 Å². The summed E-state index contributed by atoms with van der Waals surface area (Å²) in [6, 6.07) is 8.89. The van der Waals surface area contributed by atoms with E-state index in [4.69, 9.17) is 16.3 Å². The molecule has 0 fully saturated rings. The highest BCUT2D eigenvalue weighted by Crippen LogP contribution is 2.28. The second-order valence-corrected chi connectivity index (χ2v) is 5.04. The molecule has 3 nitrogen and oxygen atoms in total. The molecular weight excluding hydrogens is 354 g/mol. The first-order valence-electron chi connectivity index (χ1n) is 4.79. The van der Waals surface area contributed by atoms with E-state index in [2.05, 4.69) is 22.6 Å². The lowest BCUT2D eigenvalue weighted by Crippen LogP contribution is -2.04. The van der Waals surface area contributed by atoms with Crippen molar-refractivity contribution >= 4 is 50.2 Å². The average molecular weight is 363 g/mol. The molecule has 0 saturated carbocycles. The Hall–Kier alpha value is -1.01. The van der Waals surface area contributed by atoms with Gasteiger partial charge in [-0.25, -0.2) is 0 Å². The highest BCUT2D eigenvalue weighted by Gasteiger charge is 2.04. The van der Waals surface area contributed by atoms with E-state index in [9.17, 15) is 9.90 Å². The molecule has 2 aromatic rings. The highest BCUT2D eigenvalue weighted by atomic mass is 127. The van der Waals surface area contributed by atoms with Crippen LogP contribution in [-0.2, 0) is 4.79 Å². The van der Waals surface area contributed by atoms with Crippen LogP contribution in [0.3, 0.4) is 0 Å². The zero-order chi connectivity index (χ0) is 12.4. The summed E-state index contributed by atoms with van der Waals surface area (Å²) in [5.41, 5.74) is 0. The fraction of sp³-hybridized carbons (Fsp3) is 0.0833. The predicted molar refractivity (Wildman–Crippen MR) is 74.7 cm³/mol. The third kappa shape index (κ3) is 3.01. The normalized spacial score (nSPS) is 10.5. The van der Waals surface area contributed by atoms with Crippen molar-refractivity contribution in [2.24, 2.45) is 0 Å². The number of phenolic OH excluding ortho intramolecular Hbond substituents is 1. The van der Waals surface area contributed by atoms with E-state index in [1.54, 1.807) is 18.2 Å². The summed E-state index contributed by atoms with van der Waals surface area (Å²) in [7, 11) is 0. The minimum Gasteiger partial charge on any atom is -0.507 e. The van der Waals surface area contributed by atoms with E-state index in [-0.39, 0.29) is 12.4 Å². The second kappa shape index (κ2) is 5.10. The molecular formula is C12H8ClIO3. The van der Waals surface area contributed by atoms with Gasteiger partial charge in [-0.05, 0) is 69.2 Å². The molecule has 0 aliphatic heterocycles. The minimum absolute atomic E-state index is 0.151. The molecule has 2 rings (SSSR count). The Balaban J connectivity index is 2.36. The molecule has 0 radical (unpaired) electrons. The maximum atomic E-state index is 10.6. The Morgan fingerprint density at radius 1 is 1.29 bits per heavy atom. The first kappa shape index (κ1) is 12.4. The fourth-order valence-electron chi connectivity index (χ4n) is 1.47. The molecule has 0 spiro atoms. The van der Waals surface area contributed by atoms with E-state index in [1.807, 2.05) is 12.1 Å². The van der Waals surface area contributed by atoms with Crippen molar-refractivity contribution in [3.63, 3.8) is 0 Å². The van der Waals surface area contributed by atoms with Crippen molar-refractivity contribution < 1.29 is 14.6 Å². The number of carbonyl (C=O) groups excluding carboxylic acids is 1. The minimum atomic E-state index is -0.537. The van der Waals surface area contributed by atoms with Gasteiger partial charge in [0, 0.05) is 0 Å². The molecule has 5 heteroatoms. The standard InChI is InChI=1S/C12H8ClIO3/c13-12(16)6-17-9-2-1-7-5-11(15)10(14)4-8(7)3-9/h1-5,15H,6H2. The van der Waals surface area contributed by atoms with E-state index in [0.717, 1.165) is 14.3 Å². The second-order valence-electron chi connectivity index (χ2n) is 3.46. The fourth-order valence-corrected chi connectivity index (χ4v) is 2.01. The van der Waals surface area contributed by atoms with Crippen LogP contribution in [0.5, 0.6) is 11.5 Å². The molecule has 1 N–H and O–H groups in total. The summed E-state index contributed by atoms with van der Waals surface area (Å²) in [4.78, 5) is 10.6. The van der Waals surface area contributed by atoms with Crippen molar-refractivity contribution in [3.05, 3.63) is 33.9 Å². The SMILES string of the molecule is O=C(Cl)COc1ccc2cc(O)c(I)cc2c1. The Morgan fingerprint density at radius 2 is 2.06 bits per heavy atom. The van der Waals surface area contributed by atoms with E-state index in [0.29, 0.717) is 5.75 Å². The molecule has 0 aliphatic carbocycles. The number of carbonyl (C=O) groups is 1. The monoisotopic (exact) mass is 362 g/mol. The van der Waals surface area contributed by atoms with Crippen LogP contribution in [0.15, 0.2) is 30.3 Å². The van der Waals surface area contributed by atoms with Gasteiger partial charge in [-0.1, -0.05) is 6.07 Å². The largest absolute Gasteiger partial charge is 0.507 e. The summed E-state index contributed by atoms with van der Waals surface area (Å²) in [5.74, 6) is 0.829. The number of hydrogen-bond donors (Lipinski definition) is 1. The molecule has 0 aromatic heterocycles. The molecule has 0 amide bonds. The quantitative estimate of drug-likeness (QED) is 0.673. The van der Waals surface area contributed by atoms with Crippen LogP contribution in [0.2, 0.25) is 0 Å². The molecule has 0 atom stereocenters. The van der Waals surface area contributed by atoms with Crippen molar-refractivity contribution in [2.45, 2.75) is 0 Å². The maximum Gasteiger partial charge on any atom is 0.259 e. The van der Waals surface area contributed by atoms with Gasteiger partial charge in [0.05, 0.1) is 3.57 Å². The number of benzene rings is 2. The zero-order valence-corrected chi connectivity index (χ0v) is 11.5. The number of aromatic hydroxyl groups is 1. The van der Waals surface area contributed by atoms with Crippen LogP contribution >= 0.6 is 34.2 Å². The number of halogens is 2. The first-order chi connectivity index (χ1) is 8.06. The molecule has 0 unspecified atom stereocenters. The summed E-state index contributed by atoms with van der Waals surface area (Å²) in [6.45, 7) is -0.151. The predicted octanol–water partition coefficient (Wildman–Crippen LogP) is 3.29. The molecule has 0 heterocycles. The van der Waals surface area contributed by atoms with Crippen molar-refractivity contribution in [1.82, 2.24) is 0 Å². The first-order valence-corrected chi connectivity index (χ1v) is 6.25. The lowest BCUT2D eigenvalue weighted by atomic mass is 10.1. The Kier molecular flexibility index (Phi) is 3.73. The van der Waals surface area contributed by atoms with Crippen molar-refractivity contribution in [3.8, 4) is 11.5 Å². The van der Waals surface area contributed by atoms with Gasteiger partial charge in [0.2, 0.25) is 0 Å². The Bertz CT molecular complexity index is 583. The molecule has 2 aromatic carbocycles. The molecule has 17 heavy (non-hydrogen) atoms. The molecule has 0 bridgehead atoms. The third-order valence-corrected chi connectivity index (χ3v) is 3.20. The highest BCUT2D eigenvalue weighted by molar-refractivity contribution is 14.1. The zero-order valence-electron chi connectivity index (χ0n) is 8.61. The van der Waals surface area contributed by atoms with Gasteiger partial charge < -0.3 is 9.84 Å². The van der Waals surface area contributed by atoms with Gasteiger partial charge in [-0.2, -0.15) is 0 Å². The van der Waals surface area contributed by atoms with E-state index >= 15 is 0 Å². The summed E-state index contributed by atoms with van der Waals surface area (Å²) in [6.07, 6.45) is 0. The number of ether oxygens (including phenoxy) is 1. The number of rotatable bonds is 3. The molecule has 88 valence electrons. The smallest absolute Gasteiger partial charge is 0.259 e. The topological polar surface area (TPSA) is 46.5 Å². The summed E-state index contributed by atoms with van der Waals surface area (Å²) in [5, 5.41) is 10.9. The van der Waals surface area contributed by atoms with Gasteiger partial charge >= 0.3 is 0 Å². The molecule has 0 aliphatic rings. The number of phenols is 1. The van der Waals surface area contributed by atoms with Crippen LogP contribution in [0.1, 0.15) is 0 Å².